The van der Waals surface area contributed by atoms with Gasteiger partial charge in [0, 0.05) is 31.7 Å². The standard InChI is InChI=1S/C22H27N5O3/c1-14-4-6-18(7-5-14)27-13-17(12-19(27)28)21(29)25-20-15(2)23-22(24-16(20)3)26-8-10-30-11-9-26/h4-7,17H,8-13H2,1-3H3,(H,25,29). The van der Waals surface area contributed by atoms with Crippen LogP contribution < -0.4 is 15.1 Å². The number of benzene rings is 1. The minimum Gasteiger partial charge on any atom is -0.378 e. The first-order chi connectivity index (χ1) is 14.4. The number of aromatic nitrogens is 2. The minimum absolute atomic E-state index is 0.0358. The maximum absolute atomic E-state index is 12.9. The first-order valence-electron chi connectivity index (χ1n) is 10.3. The van der Waals surface area contributed by atoms with Crippen molar-refractivity contribution >= 4 is 29.1 Å². The minimum atomic E-state index is -0.406. The van der Waals surface area contributed by atoms with Gasteiger partial charge in [-0.05, 0) is 32.9 Å². The van der Waals surface area contributed by atoms with Crippen molar-refractivity contribution < 1.29 is 14.3 Å². The van der Waals surface area contributed by atoms with Crippen LogP contribution in [0.25, 0.3) is 0 Å². The van der Waals surface area contributed by atoms with Crippen molar-refractivity contribution in [2.45, 2.75) is 27.2 Å². The Labute approximate surface area is 176 Å². The zero-order valence-electron chi connectivity index (χ0n) is 17.6. The van der Waals surface area contributed by atoms with Gasteiger partial charge in [-0.1, -0.05) is 17.7 Å². The number of rotatable bonds is 4. The molecule has 4 rings (SSSR count). The fraction of sp³-hybridized carbons (Fsp3) is 0.455. The van der Waals surface area contributed by atoms with Gasteiger partial charge in [0.15, 0.2) is 0 Å². The number of morpholine rings is 1. The van der Waals surface area contributed by atoms with Crippen LogP contribution in [-0.2, 0) is 14.3 Å². The molecule has 1 atom stereocenters. The number of amides is 2. The molecule has 2 aliphatic heterocycles. The summed E-state index contributed by atoms with van der Waals surface area (Å²) < 4.78 is 5.38. The van der Waals surface area contributed by atoms with Gasteiger partial charge >= 0.3 is 0 Å². The Kier molecular flexibility index (Phi) is 5.67. The lowest BCUT2D eigenvalue weighted by Gasteiger charge is -2.27. The van der Waals surface area contributed by atoms with Crippen LogP contribution in [-0.4, -0.2) is 54.6 Å². The highest BCUT2D eigenvalue weighted by Gasteiger charge is 2.35. The number of aryl methyl sites for hydroxylation is 3. The summed E-state index contributed by atoms with van der Waals surface area (Å²) in [6, 6.07) is 7.77. The molecule has 8 nitrogen and oxygen atoms in total. The topological polar surface area (TPSA) is 87.7 Å². The van der Waals surface area contributed by atoms with Gasteiger partial charge in [-0.3, -0.25) is 9.59 Å². The fourth-order valence-corrected chi connectivity index (χ4v) is 3.87. The van der Waals surface area contributed by atoms with Gasteiger partial charge in [-0.2, -0.15) is 0 Å². The monoisotopic (exact) mass is 409 g/mol. The Morgan fingerprint density at radius 2 is 1.70 bits per heavy atom. The average Bonchev–Trinajstić information content (AvgIpc) is 3.13. The van der Waals surface area contributed by atoms with E-state index in [9.17, 15) is 9.59 Å². The largest absolute Gasteiger partial charge is 0.378 e. The third kappa shape index (κ3) is 4.14. The number of hydrogen-bond acceptors (Lipinski definition) is 6. The predicted molar refractivity (Wildman–Crippen MR) is 115 cm³/mol. The van der Waals surface area contributed by atoms with Gasteiger partial charge in [0.05, 0.1) is 36.2 Å². The van der Waals surface area contributed by atoms with E-state index in [1.54, 1.807) is 4.90 Å². The molecular weight excluding hydrogens is 382 g/mol. The van der Waals surface area contributed by atoms with E-state index >= 15 is 0 Å². The molecule has 1 N–H and O–H groups in total. The van der Waals surface area contributed by atoms with Crippen LogP contribution in [0.4, 0.5) is 17.3 Å². The summed E-state index contributed by atoms with van der Waals surface area (Å²) in [7, 11) is 0. The van der Waals surface area contributed by atoms with Crippen LogP contribution >= 0.6 is 0 Å². The maximum atomic E-state index is 12.9. The third-order valence-corrected chi connectivity index (χ3v) is 5.64. The van der Waals surface area contributed by atoms with Crippen LogP contribution in [0.2, 0.25) is 0 Å². The summed E-state index contributed by atoms with van der Waals surface area (Å²) in [5, 5.41) is 2.97. The second-order valence-corrected chi connectivity index (χ2v) is 7.90. The highest BCUT2D eigenvalue weighted by Crippen LogP contribution is 2.28. The molecule has 2 aromatic rings. The lowest BCUT2D eigenvalue weighted by molar-refractivity contribution is -0.122. The quantitative estimate of drug-likeness (QED) is 0.833. The molecule has 0 spiro atoms. The summed E-state index contributed by atoms with van der Waals surface area (Å²) >= 11 is 0. The average molecular weight is 409 g/mol. The molecule has 0 bridgehead atoms. The molecule has 0 aliphatic carbocycles. The molecule has 2 aliphatic rings. The molecule has 1 aromatic heterocycles. The molecule has 2 saturated heterocycles. The van der Waals surface area contributed by atoms with Crippen LogP contribution in [0.15, 0.2) is 24.3 Å². The molecule has 2 fully saturated rings. The van der Waals surface area contributed by atoms with Crippen molar-refractivity contribution in [3.05, 3.63) is 41.2 Å². The lowest BCUT2D eigenvalue weighted by Crippen LogP contribution is -2.37. The van der Waals surface area contributed by atoms with Gasteiger partial charge in [0.25, 0.3) is 0 Å². The van der Waals surface area contributed by atoms with E-state index in [-0.39, 0.29) is 18.2 Å². The van der Waals surface area contributed by atoms with Crippen molar-refractivity contribution in [1.29, 1.82) is 0 Å². The van der Waals surface area contributed by atoms with Crippen molar-refractivity contribution in [2.75, 3.05) is 48.0 Å². The van der Waals surface area contributed by atoms with E-state index < -0.39 is 5.92 Å². The Balaban J connectivity index is 1.46. The molecule has 0 saturated carbocycles. The number of ether oxygens (including phenoxy) is 1. The van der Waals surface area contributed by atoms with Crippen LogP contribution in [0.5, 0.6) is 0 Å². The van der Waals surface area contributed by atoms with E-state index in [0.29, 0.717) is 31.4 Å². The van der Waals surface area contributed by atoms with E-state index in [0.717, 1.165) is 35.7 Å². The molecule has 8 heteroatoms. The summed E-state index contributed by atoms with van der Waals surface area (Å²) in [5.41, 5.74) is 4.02. The van der Waals surface area contributed by atoms with Gasteiger partial charge < -0.3 is 19.9 Å². The molecule has 158 valence electrons. The summed E-state index contributed by atoms with van der Waals surface area (Å²) in [6.45, 7) is 8.94. The van der Waals surface area contributed by atoms with Gasteiger partial charge in [0.2, 0.25) is 17.8 Å². The Morgan fingerprint density at radius 3 is 2.33 bits per heavy atom. The summed E-state index contributed by atoms with van der Waals surface area (Å²) in [6.07, 6.45) is 0.199. The number of carbonyl (C=O) groups excluding carboxylic acids is 2. The second kappa shape index (κ2) is 8.39. The number of nitrogens with one attached hydrogen (secondary N) is 1. The molecule has 2 amide bonds. The van der Waals surface area contributed by atoms with Crippen LogP contribution in [0, 0.1) is 26.7 Å². The number of hydrogen-bond donors (Lipinski definition) is 1. The number of anilines is 3. The zero-order chi connectivity index (χ0) is 21.3. The maximum Gasteiger partial charge on any atom is 0.229 e. The normalized spacial score (nSPS) is 19.3. The summed E-state index contributed by atoms with van der Waals surface area (Å²) in [5.74, 6) is 0.0441. The van der Waals surface area contributed by atoms with Crippen molar-refractivity contribution in [3.8, 4) is 0 Å². The van der Waals surface area contributed by atoms with Crippen LogP contribution in [0.1, 0.15) is 23.4 Å². The van der Waals surface area contributed by atoms with Gasteiger partial charge in [-0.25, -0.2) is 9.97 Å². The zero-order valence-corrected chi connectivity index (χ0v) is 17.6. The smallest absolute Gasteiger partial charge is 0.229 e. The van der Waals surface area contributed by atoms with E-state index in [1.165, 1.54) is 0 Å². The highest BCUT2D eigenvalue weighted by molar-refractivity contribution is 6.03. The molecular formula is C22H27N5O3. The molecule has 0 radical (unpaired) electrons. The Bertz CT molecular complexity index is 931. The first-order valence-corrected chi connectivity index (χ1v) is 10.3. The molecule has 3 heterocycles. The Hall–Kier alpha value is -3.00. The predicted octanol–water partition coefficient (Wildman–Crippen LogP) is 2.23. The van der Waals surface area contributed by atoms with Crippen molar-refractivity contribution in [2.24, 2.45) is 5.92 Å². The molecule has 1 aromatic carbocycles. The van der Waals surface area contributed by atoms with Gasteiger partial charge in [-0.15, -0.1) is 0 Å². The fourth-order valence-electron chi connectivity index (χ4n) is 3.87. The van der Waals surface area contributed by atoms with Crippen molar-refractivity contribution in [1.82, 2.24) is 9.97 Å². The first kappa shape index (κ1) is 20.3. The second-order valence-electron chi connectivity index (χ2n) is 7.90. The SMILES string of the molecule is Cc1ccc(N2CC(C(=O)Nc3c(C)nc(N4CCOCC4)nc3C)CC2=O)cc1. The van der Waals surface area contributed by atoms with E-state index in [4.69, 9.17) is 4.74 Å². The Morgan fingerprint density at radius 1 is 1.07 bits per heavy atom. The van der Waals surface area contributed by atoms with Gasteiger partial charge in [0.1, 0.15) is 0 Å². The highest BCUT2D eigenvalue weighted by atomic mass is 16.5. The number of carbonyl (C=O) groups is 2. The lowest BCUT2D eigenvalue weighted by atomic mass is 10.1. The third-order valence-electron chi connectivity index (χ3n) is 5.64. The van der Waals surface area contributed by atoms with Crippen molar-refractivity contribution in [3.63, 3.8) is 0 Å². The molecule has 1 unspecified atom stereocenters. The van der Waals surface area contributed by atoms with E-state index in [2.05, 4.69) is 20.2 Å². The van der Waals surface area contributed by atoms with Crippen LogP contribution in [0.3, 0.4) is 0 Å². The van der Waals surface area contributed by atoms with E-state index in [1.807, 2.05) is 45.0 Å². The summed E-state index contributed by atoms with van der Waals surface area (Å²) in [4.78, 5) is 38.3. The number of nitrogens with zero attached hydrogens (tertiary/aromatic N) is 4. The molecule has 30 heavy (non-hydrogen) atoms.